The van der Waals surface area contributed by atoms with Gasteiger partial charge in [0.15, 0.2) is 0 Å². The number of aliphatic hydroxyl groups is 1. The van der Waals surface area contributed by atoms with Crippen molar-refractivity contribution in [2.75, 3.05) is 6.54 Å². The smallest absolute Gasteiger partial charge is 0.295 e. The Morgan fingerprint density at radius 3 is 2.60 bits per heavy atom. The van der Waals surface area contributed by atoms with Gasteiger partial charge in [0, 0.05) is 30.9 Å². The number of ketones is 1. The highest BCUT2D eigenvalue weighted by atomic mass is 16.3. The van der Waals surface area contributed by atoms with Crippen LogP contribution in [0.25, 0.3) is 5.76 Å². The van der Waals surface area contributed by atoms with Gasteiger partial charge in [0.25, 0.3) is 11.7 Å². The van der Waals surface area contributed by atoms with Crippen LogP contribution in [0.3, 0.4) is 0 Å². The normalized spacial score (nSPS) is 18.1. The van der Waals surface area contributed by atoms with Gasteiger partial charge in [-0.3, -0.25) is 9.59 Å². The molecule has 4 rings (SSSR count). The molecule has 0 bridgehead atoms. The first kappa shape index (κ1) is 19.4. The van der Waals surface area contributed by atoms with Gasteiger partial charge in [-0.05, 0) is 24.1 Å². The molecular weight excluding hydrogens is 382 g/mol. The lowest BCUT2D eigenvalue weighted by atomic mass is 9.95. The second-order valence-corrected chi connectivity index (χ2v) is 7.09. The number of phenols is 1. The molecule has 1 aliphatic rings. The van der Waals surface area contributed by atoms with Crippen molar-refractivity contribution >= 4 is 17.4 Å². The molecule has 1 aliphatic heterocycles. The monoisotopic (exact) mass is 403 g/mol. The van der Waals surface area contributed by atoms with Gasteiger partial charge in [0.1, 0.15) is 17.3 Å². The Balaban J connectivity index is 1.73. The van der Waals surface area contributed by atoms with Crippen LogP contribution in [0, 0.1) is 0 Å². The number of benzene rings is 2. The number of aromatic nitrogens is 2. The number of hydrogen-bond acceptors (Lipinski definition) is 5. The zero-order valence-electron chi connectivity index (χ0n) is 16.2. The van der Waals surface area contributed by atoms with E-state index in [9.17, 15) is 19.8 Å². The molecular formula is C23H21N3O4. The number of rotatable bonds is 6. The van der Waals surface area contributed by atoms with Crippen molar-refractivity contribution in [1.82, 2.24) is 14.9 Å². The molecule has 1 aromatic heterocycles. The summed E-state index contributed by atoms with van der Waals surface area (Å²) in [6, 6.07) is 14.3. The third-order valence-corrected chi connectivity index (χ3v) is 5.14. The molecule has 7 nitrogen and oxygen atoms in total. The number of likely N-dealkylation sites (tertiary alicyclic amines) is 1. The van der Waals surface area contributed by atoms with Crippen molar-refractivity contribution in [2.24, 2.45) is 0 Å². The molecule has 152 valence electrons. The summed E-state index contributed by atoms with van der Waals surface area (Å²) in [6.45, 7) is 0.303. The van der Waals surface area contributed by atoms with Crippen LogP contribution in [-0.4, -0.2) is 43.3 Å². The fraction of sp³-hybridized carbons (Fsp3) is 0.174. The van der Waals surface area contributed by atoms with Crippen LogP contribution in [0.2, 0.25) is 0 Å². The Labute approximate surface area is 173 Å². The van der Waals surface area contributed by atoms with E-state index in [1.165, 1.54) is 17.0 Å². The predicted molar refractivity (Wildman–Crippen MR) is 110 cm³/mol. The minimum Gasteiger partial charge on any atom is -0.508 e. The number of Topliss-reactive ketones (excluding diaryl/α,β-unsaturated/α-hetero) is 1. The first-order valence-corrected chi connectivity index (χ1v) is 9.67. The Hall–Kier alpha value is -3.87. The van der Waals surface area contributed by atoms with E-state index >= 15 is 0 Å². The molecule has 2 heterocycles. The third kappa shape index (κ3) is 3.69. The van der Waals surface area contributed by atoms with E-state index in [4.69, 9.17) is 0 Å². The van der Waals surface area contributed by atoms with Crippen LogP contribution < -0.4 is 0 Å². The van der Waals surface area contributed by atoms with E-state index in [2.05, 4.69) is 9.97 Å². The van der Waals surface area contributed by atoms with Crippen LogP contribution >= 0.6 is 0 Å². The lowest BCUT2D eigenvalue weighted by Crippen LogP contribution is -2.31. The number of amides is 1. The highest BCUT2D eigenvalue weighted by Gasteiger charge is 2.45. The van der Waals surface area contributed by atoms with Crippen LogP contribution in [-0.2, 0) is 16.0 Å². The molecule has 2 aromatic carbocycles. The average molecular weight is 403 g/mol. The summed E-state index contributed by atoms with van der Waals surface area (Å²) in [4.78, 5) is 34.4. The van der Waals surface area contributed by atoms with Crippen molar-refractivity contribution in [1.29, 1.82) is 0 Å². The number of aromatic amines is 1. The second kappa shape index (κ2) is 8.24. The molecule has 1 saturated heterocycles. The average Bonchev–Trinajstić information content (AvgIpc) is 3.36. The molecule has 7 heteroatoms. The van der Waals surface area contributed by atoms with E-state index in [1.54, 1.807) is 54.9 Å². The summed E-state index contributed by atoms with van der Waals surface area (Å²) < 4.78 is 0. The zero-order chi connectivity index (χ0) is 21.1. The molecule has 0 spiro atoms. The van der Waals surface area contributed by atoms with Crippen LogP contribution in [0.1, 0.15) is 29.4 Å². The van der Waals surface area contributed by atoms with E-state index in [0.29, 0.717) is 30.5 Å². The summed E-state index contributed by atoms with van der Waals surface area (Å²) in [5.41, 5.74) is 1.04. The van der Waals surface area contributed by atoms with Gasteiger partial charge >= 0.3 is 0 Å². The van der Waals surface area contributed by atoms with Gasteiger partial charge in [0.2, 0.25) is 0 Å². The maximum Gasteiger partial charge on any atom is 0.295 e. The van der Waals surface area contributed by atoms with Gasteiger partial charge in [-0.2, -0.15) is 0 Å². The molecule has 1 atom stereocenters. The number of nitrogens with one attached hydrogen (secondary N) is 1. The van der Waals surface area contributed by atoms with Crippen molar-refractivity contribution in [3.05, 3.63) is 89.5 Å². The SMILES string of the molecule is O=C1C(=O)N(CCCc2ncc[nH]2)C(c2cccc(O)c2)/C1=C(\O)c1ccccc1. The largest absolute Gasteiger partial charge is 0.508 e. The number of phenolic OH excluding ortho intramolecular Hbond substituents is 1. The number of aryl methyl sites for hydroxylation is 1. The Morgan fingerprint density at radius 2 is 1.90 bits per heavy atom. The fourth-order valence-corrected chi connectivity index (χ4v) is 3.76. The van der Waals surface area contributed by atoms with Gasteiger partial charge in [-0.1, -0.05) is 42.5 Å². The van der Waals surface area contributed by atoms with E-state index in [0.717, 1.165) is 5.82 Å². The van der Waals surface area contributed by atoms with Gasteiger partial charge in [-0.15, -0.1) is 0 Å². The summed E-state index contributed by atoms with van der Waals surface area (Å²) in [6.07, 6.45) is 4.59. The third-order valence-electron chi connectivity index (χ3n) is 5.14. The van der Waals surface area contributed by atoms with Crippen molar-refractivity contribution in [2.45, 2.75) is 18.9 Å². The number of H-pyrrole nitrogens is 1. The molecule has 1 unspecified atom stereocenters. The van der Waals surface area contributed by atoms with Crippen LogP contribution in [0.5, 0.6) is 5.75 Å². The predicted octanol–water partition coefficient (Wildman–Crippen LogP) is 3.17. The second-order valence-electron chi connectivity index (χ2n) is 7.09. The Bertz CT molecular complexity index is 1090. The molecule has 0 saturated carbocycles. The summed E-state index contributed by atoms with van der Waals surface area (Å²) in [5.74, 6) is -0.808. The fourth-order valence-electron chi connectivity index (χ4n) is 3.76. The molecule has 0 aliphatic carbocycles. The molecule has 1 fully saturated rings. The van der Waals surface area contributed by atoms with Crippen LogP contribution in [0.4, 0.5) is 0 Å². The molecule has 1 amide bonds. The highest BCUT2D eigenvalue weighted by molar-refractivity contribution is 6.46. The first-order chi connectivity index (χ1) is 14.6. The maximum absolute atomic E-state index is 12.9. The number of nitrogens with zero attached hydrogens (tertiary/aromatic N) is 2. The highest BCUT2D eigenvalue weighted by Crippen LogP contribution is 2.40. The topological polar surface area (TPSA) is 107 Å². The lowest BCUT2D eigenvalue weighted by Gasteiger charge is -2.25. The van der Waals surface area contributed by atoms with E-state index in [-0.39, 0.29) is 17.1 Å². The Kier molecular flexibility index (Phi) is 5.34. The molecule has 30 heavy (non-hydrogen) atoms. The molecule has 0 radical (unpaired) electrons. The summed E-state index contributed by atoms with van der Waals surface area (Å²) in [7, 11) is 0. The number of imidazole rings is 1. The van der Waals surface area contributed by atoms with Crippen LogP contribution in [0.15, 0.2) is 72.6 Å². The number of aromatic hydroxyl groups is 1. The Morgan fingerprint density at radius 1 is 1.10 bits per heavy atom. The minimum absolute atomic E-state index is 0.0217. The lowest BCUT2D eigenvalue weighted by molar-refractivity contribution is -0.139. The van der Waals surface area contributed by atoms with Crippen molar-refractivity contribution in [3.8, 4) is 5.75 Å². The zero-order valence-corrected chi connectivity index (χ0v) is 16.2. The molecule has 3 N–H and O–H groups in total. The van der Waals surface area contributed by atoms with Gasteiger partial charge in [-0.25, -0.2) is 4.98 Å². The quantitative estimate of drug-likeness (QED) is 0.333. The number of aliphatic hydroxyl groups excluding tert-OH is 1. The van der Waals surface area contributed by atoms with Gasteiger partial charge in [0.05, 0.1) is 11.6 Å². The number of carbonyl (C=O) groups excluding carboxylic acids is 2. The summed E-state index contributed by atoms with van der Waals surface area (Å²) >= 11 is 0. The molecule has 3 aromatic rings. The van der Waals surface area contributed by atoms with Crippen molar-refractivity contribution < 1.29 is 19.8 Å². The van der Waals surface area contributed by atoms with Crippen molar-refractivity contribution in [3.63, 3.8) is 0 Å². The number of hydrogen-bond donors (Lipinski definition) is 3. The minimum atomic E-state index is -0.783. The summed E-state index contributed by atoms with van der Waals surface area (Å²) in [5, 5.41) is 20.9. The van der Waals surface area contributed by atoms with E-state index < -0.39 is 17.7 Å². The standard InChI is InChI=1S/C23H21N3O4/c27-17-9-4-8-16(14-17)20-19(21(28)15-6-2-1-3-7-15)22(29)23(30)26(20)13-5-10-18-24-11-12-25-18/h1-4,6-9,11-12,14,20,27-28H,5,10,13H2,(H,24,25)/b21-19+. The number of carbonyl (C=O) groups is 2. The first-order valence-electron chi connectivity index (χ1n) is 9.67. The maximum atomic E-state index is 12.9. The van der Waals surface area contributed by atoms with E-state index in [1.807, 2.05) is 0 Å². The van der Waals surface area contributed by atoms with Gasteiger partial charge < -0.3 is 20.1 Å².